The molecular weight excluding hydrogens is 408 g/mol. The molecule has 32 heavy (non-hydrogen) atoms. The molecule has 4 rings (SSSR count). The number of nitrogens with zero attached hydrogens (tertiary/aromatic N) is 4. The second kappa shape index (κ2) is 8.82. The number of rotatable bonds is 5. The largest absolute Gasteiger partial charge is 0.478 e. The highest BCUT2D eigenvalue weighted by Crippen LogP contribution is 2.26. The van der Waals surface area contributed by atoms with Gasteiger partial charge in [-0.2, -0.15) is 5.10 Å². The van der Waals surface area contributed by atoms with Gasteiger partial charge in [0.25, 0.3) is 0 Å². The molecule has 0 radical (unpaired) electrons. The van der Waals surface area contributed by atoms with E-state index in [1.165, 1.54) is 12.1 Å². The SMILES string of the molecule is CCN(C(=O)N1CCC(C(=O)c2ccc3c(cnn3C)c2)CC1)c1cccc(C(=O)O)c1. The van der Waals surface area contributed by atoms with Gasteiger partial charge in [0.1, 0.15) is 0 Å². The lowest BCUT2D eigenvalue weighted by Gasteiger charge is -2.35. The van der Waals surface area contributed by atoms with E-state index in [1.807, 2.05) is 32.2 Å². The second-order valence-corrected chi connectivity index (χ2v) is 8.05. The number of fused-ring (bicyclic) bond motifs is 1. The van der Waals surface area contributed by atoms with E-state index in [1.54, 1.807) is 32.8 Å². The number of aromatic nitrogens is 2. The molecule has 166 valence electrons. The summed E-state index contributed by atoms with van der Waals surface area (Å²) in [5, 5.41) is 14.4. The molecule has 2 heterocycles. The number of piperidine rings is 1. The molecular formula is C24H26N4O4. The first-order chi connectivity index (χ1) is 15.4. The van der Waals surface area contributed by atoms with Gasteiger partial charge in [-0.25, -0.2) is 9.59 Å². The predicted octanol–water partition coefficient (Wildman–Crippen LogP) is 3.81. The topological polar surface area (TPSA) is 95.7 Å². The fraction of sp³-hybridized carbons (Fsp3) is 0.333. The molecule has 1 N–H and O–H groups in total. The van der Waals surface area contributed by atoms with Crippen LogP contribution in [0.3, 0.4) is 0 Å². The molecule has 2 amide bonds. The maximum Gasteiger partial charge on any atom is 0.335 e. The van der Waals surface area contributed by atoms with Gasteiger partial charge in [-0.05, 0) is 56.2 Å². The summed E-state index contributed by atoms with van der Waals surface area (Å²) in [6, 6.07) is 11.9. The molecule has 2 aromatic carbocycles. The van der Waals surface area contributed by atoms with Crippen molar-refractivity contribution in [2.75, 3.05) is 24.5 Å². The maximum absolute atomic E-state index is 13.1. The summed E-state index contributed by atoms with van der Waals surface area (Å²) in [6.07, 6.45) is 2.96. The summed E-state index contributed by atoms with van der Waals surface area (Å²) >= 11 is 0. The van der Waals surface area contributed by atoms with Gasteiger partial charge in [0, 0.05) is 49.2 Å². The molecule has 1 aliphatic rings. The quantitative estimate of drug-likeness (QED) is 0.616. The normalized spacial score (nSPS) is 14.5. The number of carboxylic acid groups (broad SMARTS) is 1. The summed E-state index contributed by atoms with van der Waals surface area (Å²) in [5.74, 6) is -1.05. The summed E-state index contributed by atoms with van der Waals surface area (Å²) in [4.78, 5) is 40.8. The van der Waals surface area contributed by atoms with Crippen molar-refractivity contribution in [1.82, 2.24) is 14.7 Å². The van der Waals surface area contributed by atoms with Crippen LogP contribution in [0.1, 0.15) is 40.5 Å². The lowest BCUT2D eigenvalue weighted by Crippen LogP contribution is -2.47. The van der Waals surface area contributed by atoms with Gasteiger partial charge < -0.3 is 10.0 Å². The Morgan fingerprint density at radius 2 is 1.84 bits per heavy atom. The number of carboxylic acids is 1. The van der Waals surface area contributed by atoms with Gasteiger partial charge in [-0.3, -0.25) is 14.4 Å². The molecule has 0 aliphatic carbocycles. The highest BCUT2D eigenvalue weighted by Gasteiger charge is 2.30. The first-order valence-electron chi connectivity index (χ1n) is 10.7. The number of anilines is 1. The van der Waals surface area contributed by atoms with Crippen molar-refractivity contribution in [3.05, 3.63) is 59.8 Å². The Morgan fingerprint density at radius 1 is 1.09 bits per heavy atom. The number of aryl methyl sites for hydroxylation is 1. The van der Waals surface area contributed by atoms with Crippen LogP contribution in [-0.4, -0.2) is 57.2 Å². The Bertz CT molecular complexity index is 1180. The van der Waals surface area contributed by atoms with E-state index in [0.29, 0.717) is 43.7 Å². The number of carbonyl (C=O) groups is 3. The number of aromatic carboxylic acids is 1. The van der Waals surface area contributed by atoms with Gasteiger partial charge in [-0.15, -0.1) is 0 Å². The first kappa shape index (κ1) is 21.5. The van der Waals surface area contributed by atoms with Crippen molar-refractivity contribution in [3.63, 3.8) is 0 Å². The van der Waals surface area contributed by atoms with E-state index in [0.717, 1.165) is 10.9 Å². The number of urea groups is 1. The Morgan fingerprint density at radius 3 is 2.53 bits per heavy atom. The van der Waals surface area contributed by atoms with Gasteiger partial charge in [0.15, 0.2) is 5.78 Å². The van der Waals surface area contributed by atoms with Crippen LogP contribution < -0.4 is 4.90 Å². The maximum atomic E-state index is 13.1. The molecule has 0 atom stereocenters. The van der Waals surface area contributed by atoms with Crippen LogP contribution >= 0.6 is 0 Å². The molecule has 0 bridgehead atoms. The summed E-state index contributed by atoms with van der Waals surface area (Å²) in [6.45, 7) is 3.25. The van der Waals surface area contributed by atoms with Crippen LogP contribution in [-0.2, 0) is 7.05 Å². The molecule has 8 nitrogen and oxygen atoms in total. The molecule has 1 fully saturated rings. The molecule has 0 saturated carbocycles. The number of carbonyl (C=O) groups excluding carboxylic acids is 2. The van der Waals surface area contributed by atoms with E-state index >= 15 is 0 Å². The van der Waals surface area contributed by atoms with Crippen LogP contribution in [0.5, 0.6) is 0 Å². The van der Waals surface area contributed by atoms with Gasteiger partial charge in [0.05, 0.1) is 17.3 Å². The minimum Gasteiger partial charge on any atom is -0.478 e. The highest BCUT2D eigenvalue weighted by atomic mass is 16.4. The minimum absolute atomic E-state index is 0.101. The lowest BCUT2D eigenvalue weighted by molar-refractivity contribution is 0.0696. The summed E-state index contributed by atoms with van der Waals surface area (Å²) in [5.41, 5.74) is 2.36. The Labute approximate surface area is 186 Å². The van der Waals surface area contributed by atoms with Crippen LogP contribution in [0.2, 0.25) is 0 Å². The van der Waals surface area contributed by atoms with Crippen molar-refractivity contribution in [3.8, 4) is 0 Å². The predicted molar refractivity (Wildman–Crippen MR) is 121 cm³/mol. The molecule has 0 spiro atoms. The number of hydrogen-bond acceptors (Lipinski definition) is 4. The van der Waals surface area contributed by atoms with E-state index < -0.39 is 5.97 Å². The molecule has 1 aromatic heterocycles. The lowest BCUT2D eigenvalue weighted by atomic mass is 9.88. The fourth-order valence-corrected chi connectivity index (χ4v) is 4.29. The third-order valence-corrected chi connectivity index (χ3v) is 6.12. The zero-order valence-electron chi connectivity index (χ0n) is 18.2. The first-order valence-corrected chi connectivity index (χ1v) is 10.7. The average Bonchev–Trinajstić information content (AvgIpc) is 3.19. The van der Waals surface area contributed by atoms with Gasteiger partial charge in [-0.1, -0.05) is 6.07 Å². The number of benzene rings is 2. The smallest absolute Gasteiger partial charge is 0.335 e. The van der Waals surface area contributed by atoms with Gasteiger partial charge >= 0.3 is 12.0 Å². The Balaban J connectivity index is 1.42. The molecule has 1 aliphatic heterocycles. The number of Topliss-reactive ketones (excluding diaryl/α,β-unsaturated/α-hetero) is 1. The fourth-order valence-electron chi connectivity index (χ4n) is 4.29. The van der Waals surface area contributed by atoms with Crippen molar-refractivity contribution in [1.29, 1.82) is 0 Å². The van der Waals surface area contributed by atoms with E-state index in [-0.39, 0.29) is 23.3 Å². The number of hydrogen-bond donors (Lipinski definition) is 1. The summed E-state index contributed by atoms with van der Waals surface area (Å²) in [7, 11) is 1.87. The Hall–Kier alpha value is -3.68. The zero-order chi connectivity index (χ0) is 22.8. The highest BCUT2D eigenvalue weighted by molar-refractivity contribution is 6.01. The molecule has 3 aromatic rings. The minimum atomic E-state index is -1.03. The molecule has 0 unspecified atom stereocenters. The third-order valence-electron chi connectivity index (χ3n) is 6.12. The van der Waals surface area contributed by atoms with Crippen LogP contribution in [0.25, 0.3) is 10.9 Å². The van der Waals surface area contributed by atoms with Crippen molar-refractivity contribution < 1.29 is 19.5 Å². The zero-order valence-corrected chi connectivity index (χ0v) is 18.2. The summed E-state index contributed by atoms with van der Waals surface area (Å²) < 4.78 is 1.78. The second-order valence-electron chi connectivity index (χ2n) is 8.05. The monoisotopic (exact) mass is 434 g/mol. The standard InChI is InChI=1S/C24H26N4O4/c1-3-28(20-6-4-5-18(14-20)23(30)31)24(32)27-11-9-16(10-12-27)22(29)17-7-8-21-19(13-17)15-25-26(21)2/h4-8,13-16H,3,9-12H2,1-2H3,(H,30,31). The van der Waals surface area contributed by atoms with E-state index in [2.05, 4.69) is 5.10 Å². The Kier molecular flexibility index (Phi) is 5.94. The van der Waals surface area contributed by atoms with Crippen LogP contribution in [0.4, 0.5) is 10.5 Å². The number of amides is 2. The third kappa shape index (κ3) is 4.08. The van der Waals surface area contributed by atoms with Crippen molar-refractivity contribution in [2.24, 2.45) is 13.0 Å². The van der Waals surface area contributed by atoms with Crippen molar-refractivity contribution in [2.45, 2.75) is 19.8 Å². The number of ketones is 1. The number of likely N-dealkylation sites (tertiary alicyclic amines) is 1. The molecule has 8 heteroatoms. The van der Waals surface area contributed by atoms with E-state index in [4.69, 9.17) is 0 Å². The molecule has 1 saturated heterocycles. The average molecular weight is 434 g/mol. The van der Waals surface area contributed by atoms with E-state index in [9.17, 15) is 19.5 Å². The van der Waals surface area contributed by atoms with Gasteiger partial charge in [0.2, 0.25) is 0 Å². The van der Waals surface area contributed by atoms with Crippen LogP contribution in [0, 0.1) is 5.92 Å². The van der Waals surface area contributed by atoms with Crippen LogP contribution in [0.15, 0.2) is 48.7 Å². The van der Waals surface area contributed by atoms with Crippen molar-refractivity contribution >= 4 is 34.4 Å².